The maximum Gasteiger partial charge on any atom is 0.133 e. The Morgan fingerprint density at radius 2 is 2.05 bits per heavy atom. The molecule has 1 aliphatic heterocycles. The lowest BCUT2D eigenvalue weighted by atomic mass is 9.97. The average molecular weight is 285 g/mol. The van der Waals surface area contributed by atoms with Crippen molar-refractivity contribution in [2.45, 2.75) is 19.4 Å². The van der Waals surface area contributed by atoms with Gasteiger partial charge < -0.3 is 15.3 Å². The summed E-state index contributed by atoms with van der Waals surface area (Å²) in [4.78, 5) is 7.26. The van der Waals surface area contributed by atoms with Crippen molar-refractivity contribution in [3.63, 3.8) is 0 Å². The van der Waals surface area contributed by atoms with E-state index in [0.29, 0.717) is 12.5 Å². The third-order valence-electron chi connectivity index (χ3n) is 4.32. The number of fused-ring (bicyclic) bond motifs is 1. The molecule has 0 saturated carbocycles. The predicted molar refractivity (Wildman–Crippen MR) is 86.5 cm³/mol. The van der Waals surface area contributed by atoms with E-state index in [9.17, 15) is 5.11 Å². The number of nitrogens with one attached hydrogen (secondary N) is 1. The summed E-state index contributed by atoms with van der Waals surface area (Å²) in [6.07, 6.45) is 2.09. The van der Waals surface area contributed by atoms with Gasteiger partial charge in [0.05, 0.1) is 5.52 Å². The molecular weight excluding hydrogens is 262 g/mol. The molecule has 1 saturated heterocycles. The first-order valence-electron chi connectivity index (χ1n) is 7.71. The molecule has 0 aliphatic carbocycles. The molecule has 0 atom stereocenters. The van der Waals surface area contributed by atoms with Gasteiger partial charge in [-0.1, -0.05) is 18.2 Å². The summed E-state index contributed by atoms with van der Waals surface area (Å²) in [5, 5.41) is 13.7. The normalized spacial score (nSPS) is 16.6. The van der Waals surface area contributed by atoms with Crippen LogP contribution in [0.15, 0.2) is 30.3 Å². The van der Waals surface area contributed by atoms with Gasteiger partial charge in [0.15, 0.2) is 0 Å². The molecule has 0 radical (unpaired) electrons. The summed E-state index contributed by atoms with van der Waals surface area (Å²) >= 11 is 0. The number of para-hydroxylation sites is 1. The molecule has 4 heteroatoms. The first kappa shape index (κ1) is 14.3. The van der Waals surface area contributed by atoms with Crippen LogP contribution in [0, 0.1) is 5.92 Å². The number of anilines is 1. The van der Waals surface area contributed by atoms with Crippen LogP contribution >= 0.6 is 0 Å². The Kier molecular flexibility index (Phi) is 4.36. The average Bonchev–Trinajstić information content (AvgIpc) is 2.55. The molecular formula is C17H23N3O. The number of aliphatic hydroxyl groups is 1. The van der Waals surface area contributed by atoms with E-state index in [-0.39, 0.29) is 0 Å². The van der Waals surface area contributed by atoms with E-state index in [4.69, 9.17) is 4.98 Å². The second-order valence-corrected chi connectivity index (χ2v) is 5.81. The van der Waals surface area contributed by atoms with Crippen LogP contribution in [0.25, 0.3) is 10.9 Å². The van der Waals surface area contributed by atoms with Crippen molar-refractivity contribution >= 4 is 16.7 Å². The van der Waals surface area contributed by atoms with Crippen molar-refractivity contribution < 1.29 is 5.11 Å². The molecule has 2 aromatic rings. The molecule has 21 heavy (non-hydrogen) atoms. The summed E-state index contributed by atoms with van der Waals surface area (Å²) in [6, 6.07) is 10.5. The highest BCUT2D eigenvalue weighted by atomic mass is 16.3. The minimum atomic E-state index is 0.308. The van der Waals surface area contributed by atoms with Gasteiger partial charge in [0.2, 0.25) is 0 Å². The third kappa shape index (κ3) is 3.01. The van der Waals surface area contributed by atoms with Crippen LogP contribution in [0.5, 0.6) is 0 Å². The second-order valence-electron chi connectivity index (χ2n) is 5.81. The third-order valence-corrected chi connectivity index (χ3v) is 4.32. The fraction of sp³-hybridized carbons (Fsp3) is 0.471. The van der Waals surface area contributed by atoms with Gasteiger partial charge in [0.1, 0.15) is 5.82 Å². The smallest absolute Gasteiger partial charge is 0.133 e. The summed E-state index contributed by atoms with van der Waals surface area (Å²) in [5.41, 5.74) is 2.30. The summed E-state index contributed by atoms with van der Waals surface area (Å²) in [6.45, 7) is 3.09. The van der Waals surface area contributed by atoms with Crippen LogP contribution in [0.1, 0.15) is 18.4 Å². The number of hydrogen-bond acceptors (Lipinski definition) is 4. The fourth-order valence-corrected chi connectivity index (χ4v) is 3.07. The zero-order valence-corrected chi connectivity index (χ0v) is 12.5. The molecule has 0 unspecified atom stereocenters. The number of benzene rings is 1. The van der Waals surface area contributed by atoms with E-state index >= 15 is 0 Å². The monoisotopic (exact) mass is 285 g/mol. The van der Waals surface area contributed by atoms with Crippen LogP contribution in [-0.4, -0.2) is 36.8 Å². The van der Waals surface area contributed by atoms with E-state index in [2.05, 4.69) is 34.5 Å². The number of piperidine rings is 1. The van der Waals surface area contributed by atoms with Crippen molar-refractivity contribution in [2.75, 3.05) is 31.6 Å². The number of rotatable bonds is 4. The molecule has 2 heterocycles. The summed E-state index contributed by atoms with van der Waals surface area (Å²) in [7, 11) is 1.97. The highest BCUT2D eigenvalue weighted by Gasteiger charge is 2.21. The number of nitrogens with zero attached hydrogens (tertiary/aromatic N) is 2. The minimum Gasteiger partial charge on any atom is -0.396 e. The van der Waals surface area contributed by atoms with Gasteiger partial charge in [0, 0.05) is 37.2 Å². The van der Waals surface area contributed by atoms with Crippen molar-refractivity contribution in [3.8, 4) is 0 Å². The van der Waals surface area contributed by atoms with Gasteiger partial charge in [-0.3, -0.25) is 0 Å². The Bertz CT molecular complexity index is 606. The van der Waals surface area contributed by atoms with Crippen molar-refractivity contribution in [2.24, 2.45) is 5.92 Å². The lowest BCUT2D eigenvalue weighted by Crippen LogP contribution is -2.36. The predicted octanol–water partition coefficient (Wildman–Crippen LogP) is 2.16. The lowest BCUT2D eigenvalue weighted by molar-refractivity contribution is 0.202. The van der Waals surface area contributed by atoms with Gasteiger partial charge in [-0.15, -0.1) is 0 Å². The van der Waals surface area contributed by atoms with Crippen LogP contribution in [-0.2, 0) is 6.54 Å². The summed E-state index contributed by atoms with van der Waals surface area (Å²) in [5.74, 6) is 1.55. The molecule has 1 aliphatic rings. The first-order chi connectivity index (χ1) is 10.3. The molecule has 1 aromatic carbocycles. The molecule has 0 amide bonds. The Labute approximate surface area is 125 Å². The quantitative estimate of drug-likeness (QED) is 0.904. The van der Waals surface area contributed by atoms with Crippen LogP contribution in [0.4, 0.5) is 5.82 Å². The van der Waals surface area contributed by atoms with Gasteiger partial charge in [-0.25, -0.2) is 4.98 Å². The number of hydrogen-bond donors (Lipinski definition) is 2. The maximum atomic E-state index is 9.28. The molecule has 0 bridgehead atoms. The Morgan fingerprint density at radius 3 is 2.76 bits per heavy atom. The van der Waals surface area contributed by atoms with E-state index in [1.54, 1.807) is 0 Å². The zero-order valence-electron chi connectivity index (χ0n) is 12.5. The molecule has 1 aromatic heterocycles. The van der Waals surface area contributed by atoms with Gasteiger partial charge in [-0.2, -0.15) is 0 Å². The second kappa shape index (κ2) is 6.41. The largest absolute Gasteiger partial charge is 0.396 e. The highest BCUT2D eigenvalue weighted by Crippen LogP contribution is 2.27. The highest BCUT2D eigenvalue weighted by molar-refractivity contribution is 5.81. The number of pyridine rings is 1. The Balaban J connectivity index is 1.94. The molecule has 112 valence electrons. The van der Waals surface area contributed by atoms with Crippen LogP contribution < -0.4 is 10.2 Å². The van der Waals surface area contributed by atoms with Crippen molar-refractivity contribution in [3.05, 3.63) is 35.9 Å². The minimum absolute atomic E-state index is 0.308. The standard InChI is InChI=1S/C17H23N3O/c1-18-11-15-10-14-4-2-3-5-16(14)19-17(15)20-8-6-13(12-21)7-9-20/h2-5,10,13,18,21H,6-9,11-12H2,1H3. The van der Waals surface area contributed by atoms with E-state index in [1.165, 1.54) is 10.9 Å². The summed E-state index contributed by atoms with van der Waals surface area (Å²) < 4.78 is 0. The van der Waals surface area contributed by atoms with Crippen molar-refractivity contribution in [1.29, 1.82) is 0 Å². The molecule has 3 rings (SSSR count). The number of aromatic nitrogens is 1. The van der Waals surface area contributed by atoms with Gasteiger partial charge >= 0.3 is 0 Å². The molecule has 2 N–H and O–H groups in total. The molecule has 1 fully saturated rings. The van der Waals surface area contributed by atoms with Crippen molar-refractivity contribution in [1.82, 2.24) is 10.3 Å². The first-order valence-corrected chi connectivity index (χ1v) is 7.71. The number of aliphatic hydroxyl groups excluding tert-OH is 1. The van der Waals surface area contributed by atoms with E-state index < -0.39 is 0 Å². The SMILES string of the molecule is CNCc1cc2ccccc2nc1N1CCC(CO)CC1. The Hall–Kier alpha value is -1.65. The van der Waals surface area contributed by atoms with Crippen LogP contribution in [0.3, 0.4) is 0 Å². The van der Waals surface area contributed by atoms with Crippen LogP contribution in [0.2, 0.25) is 0 Å². The maximum absolute atomic E-state index is 9.28. The lowest BCUT2D eigenvalue weighted by Gasteiger charge is -2.33. The van der Waals surface area contributed by atoms with Gasteiger partial charge in [0.25, 0.3) is 0 Å². The fourth-order valence-electron chi connectivity index (χ4n) is 3.07. The Morgan fingerprint density at radius 1 is 1.29 bits per heavy atom. The van der Waals surface area contributed by atoms with E-state index in [0.717, 1.165) is 43.8 Å². The topological polar surface area (TPSA) is 48.4 Å². The molecule has 0 spiro atoms. The molecule has 4 nitrogen and oxygen atoms in total. The zero-order chi connectivity index (χ0) is 14.7. The van der Waals surface area contributed by atoms with Gasteiger partial charge in [-0.05, 0) is 37.9 Å². The van der Waals surface area contributed by atoms with E-state index in [1.807, 2.05) is 13.1 Å².